The fraction of sp³-hybridized carbons (Fsp3) is 0. The van der Waals surface area contributed by atoms with Crippen molar-refractivity contribution in [3.8, 4) is 34.2 Å². The number of hydrogen-bond donors (Lipinski definition) is 0. The van der Waals surface area contributed by atoms with Crippen molar-refractivity contribution >= 4 is 44.3 Å². The van der Waals surface area contributed by atoms with E-state index in [1.807, 2.05) is 72.8 Å². The van der Waals surface area contributed by atoms with E-state index < -0.39 is 0 Å². The number of benzene rings is 5. The Morgan fingerprint density at radius 1 is 0.472 bits per heavy atom. The van der Waals surface area contributed by atoms with E-state index in [0.29, 0.717) is 22.5 Å². The number of fused-ring (bicyclic) bond motifs is 4. The summed E-state index contributed by atoms with van der Waals surface area (Å²) in [6.07, 6.45) is 0. The van der Waals surface area contributed by atoms with Gasteiger partial charge in [-0.25, -0.2) is 15.0 Å². The zero-order chi connectivity index (χ0) is 24.1. The first kappa shape index (κ1) is 20.8. The van der Waals surface area contributed by atoms with Crippen LogP contribution < -0.4 is 0 Å². The fourth-order valence-corrected chi connectivity index (χ4v) is 4.68. The molecule has 2 heterocycles. The van der Waals surface area contributed by atoms with Crippen molar-refractivity contribution < 1.29 is 4.42 Å². The average Bonchev–Trinajstić information content (AvgIpc) is 3.29. The Bertz CT molecular complexity index is 1890. The number of hydrogen-bond acceptors (Lipinski definition) is 4. The SMILES string of the molecule is Clc1ccc(-c2nc(-c3ccccc3)nc(-c3ccc4c(c3)oc3cc5ccccc5cc34)n2)cc1. The topological polar surface area (TPSA) is 51.8 Å². The predicted octanol–water partition coefficient (Wildman–Crippen LogP) is 8.58. The van der Waals surface area contributed by atoms with Gasteiger partial charge in [0, 0.05) is 32.5 Å². The quantitative estimate of drug-likeness (QED) is 0.252. The molecule has 0 saturated carbocycles. The van der Waals surface area contributed by atoms with Crippen molar-refractivity contribution in [1.82, 2.24) is 15.0 Å². The van der Waals surface area contributed by atoms with Crippen LogP contribution in [-0.2, 0) is 0 Å². The molecule has 7 aromatic rings. The first-order chi connectivity index (χ1) is 17.7. The molecule has 0 N–H and O–H groups in total. The number of aromatic nitrogens is 3. The molecule has 0 bridgehead atoms. The molecule has 0 spiro atoms. The van der Waals surface area contributed by atoms with Crippen LogP contribution in [0.25, 0.3) is 66.9 Å². The number of rotatable bonds is 3. The molecule has 5 aromatic carbocycles. The number of nitrogens with zero attached hydrogens (tertiary/aromatic N) is 3. The third-order valence-corrected chi connectivity index (χ3v) is 6.62. The average molecular weight is 484 g/mol. The van der Waals surface area contributed by atoms with Crippen LogP contribution in [0.1, 0.15) is 0 Å². The first-order valence-corrected chi connectivity index (χ1v) is 12.0. The van der Waals surface area contributed by atoms with Gasteiger partial charge in [-0.2, -0.15) is 0 Å². The van der Waals surface area contributed by atoms with E-state index in [4.69, 9.17) is 31.0 Å². The van der Waals surface area contributed by atoms with Gasteiger partial charge in [-0.15, -0.1) is 0 Å². The molecule has 0 fully saturated rings. The van der Waals surface area contributed by atoms with E-state index in [2.05, 4.69) is 36.4 Å². The van der Waals surface area contributed by atoms with Gasteiger partial charge in [0.2, 0.25) is 0 Å². The van der Waals surface area contributed by atoms with Crippen LogP contribution in [0.3, 0.4) is 0 Å². The summed E-state index contributed by atoms with van der Waals surface area (Å²) in [5.41, 5.74) is 4.32. The Morgan fingerprint density at radius 3 is 1.75 bits per heavy atom. The van der Waals surface area contributed by atoms with E-state index >= 15 is 0 Å². The number of halogens is 1. The highest BCUT2D eigenvalue weighted by molar-refractivity contribution is 6.30. The van der Waals surface area contributed by atoms with Gasteiger partial charge in [0.1, 0.15) is 11.2 Å². The van der Waals surface area contributed by atoms with Crippen LogP contribution in [0, 0.1) is 0 Å². The molecular formula is C31H18ClN3O. The minimum Gasteiger partial charge on any atom is -0.456 e. The van der Waals surface area contributed by atoms with Crippen LogP contribution in [0.5, 0.6) is 0 Å². The molecule has 0 unspecified atom stereocenters. The first-order valence-electron chi connectivity index (χ1n) is 11.6. The molecule has 0 radical (unpaired) electrons. The monoisotopic (exact) mass is 483 g/mol. The molecule has 5 heteroatoms. The second-order valence-corrected chi connectivity index (χ2v) is 9.12. The highest BCUT2D eigenvalue weighted by Gasteiger charge is 2.15. The smallest absolute Gasteiger partial charge is 0.164 e. The molecule has 36 heavy (non-hydrogen) atoms. The van der Waals surface area contributed by atoms with Crippen molar-refractivity contribution in [1.29, 1.82) is 0 Å². The molecule has 0 aliphatic carbocycles. The van der Waals surface area contributed by atoms with E-state index in [1.54, 1.807) is 0 Å². The highest BCUT2D eigenvalue weighted by Crippen LogP contribution is 2.34. The standard InChI is InChI=1S/C31H18ClN3O/c32-24-13-10-20(11-14-24)30-33-29(19-6-2-1-3-7-19)34-31(35-30)23-12-15-25-26-16-21-8-4-5-9-22(21)17-28(26)36-27(25)18-23/h1-18H. The summed E-state index contributed by atoms with van der Waals surface area (Å²) in [6.45, 7) is 0. The summed E-state index contributed by atoms with van der Waals surface area (Å²) < 4.78 is 6.28. The zero-order valence-electron chi connectivity index (χ0n) is 19.0. The Morgan fingerprint density at radius 2 is 1.03 bits per heavy atom. The lowest BCUT2D eigenvalue weighted by Crippen LogP contribution is -2.00. The molecule has 0 atom stereocenters. The summed E-state index contributed by atoms with van der Waals surface area (Å²) in [6, 6.07) is 36.2. The summed E-state index contributed by atoms with van der Waals surface area (Å²) in [4.78, 5) is 14.4. The molecule has 0 saturated heterocycles. The van der Waals surface area contributed by atoms with Crippen LogP contribution in [0.15, 0.2) is 114 Å². The Kier molecular flexibility index (Phi) is 4.79. The summed E-state index contributed by atoms with van der Waals surface area (Å²) in [7, 11) is 0. The highest BCUT2D eigenvalue weighted by atomic mass is 35.5. The summed E-state index contributed by atoms with van der Waals surface area (Å²) >= 11 is 6.11. The fourth-order valence-electron chi connectivity index (χ4n) is 4.55. The molecule has 170 valence electrons. The van der Waals surface area contributed by atoms with E-state index in [-0.39, 0.29) is 0 Å². The zero-order valence-corrected chi connectivity index (χ0v) is 19.8. The minimum atomic E-state index is 0.585. The summed E-state index contributed by atoms with van der Waals surface area (Å²) in [5, 5.41) is 5.17. The molecule has 7 rings (SSSR count). The van der Waals surface area contributed by atoms with Crippen molar-refractivity contribution in [2.75, 3.05) is 0 Å². The largest absolute Gasteiger partial charge is 0.456 e. The van der Waals surface area contributed by atoms with E-state index in [9.17, 15) is 0 Å². The van der Waals surface area contributed by atoms with Gasteiger partial charge in [0.15, 0.2) is 17.5 Å². The van der Waals surface area contributed by atoms with Gasteiger partial charge in [0.05, 0.1) is 0 Å². The van der Waals surface area contributed by atoms with Gasteiger partial charge in [-0.05, 0) is 59.3 Å². The maximum atomic E-state index is 6.28. The maximum absolute atomic E-state index is 6.28. The molecule has 4 nitrogen and oxygen atoms in total. The van der Waals surface area contributed by atoms with Crippen LogP contribution in [-0.4, -0.2) is 15.0 Å². The normalized spacial score (nSPS) is 11.5. The van der Waals surface area contributed by atoms with Gasteiger partial charge in [-0.1, -0.05) is 72.3 Å². The van der Waals surface area contributed by atoms with Gasteiger partial charge >= 0.3 is 0 Å². The van der Waals surface area contributed by atoms with E-state index in [0.717, 1.165) is 44.0 Å². The van der Waals surface area contributed by atoms with Gasteiger partial charge in [0.25, 0.3) is 0 Å². The predicted molar refractivity (Wildman–Crippen MR) is 146 cm³/mol. The van der Waals surface area contributed by atoms with Gasteiger partial charge in [-0.3, -0.25) is 0 Å². The summed E-state index contributed by atoms with van der Waals surface area (Å²) in [5.74, 6) is 1.79. The van der Waals surface area contributed by atoms with E-state index in [1.165, 1.54) is 5.39 Å². The number of furan rings is 1. The lowest BCUT2D eigenvalue weighted by atomic mass is 10.1. The molecule has 2 aromatic heterocycles. The van der Waals surface area contributed by atoms with Crippen molar-refractivity contribution in [3.05, 3.63) is 114 Å². The Hall–Kier alpha value is -4.54. The van der Waals surface area contributed by atoms with Gasteiger partial charge < -0.3 is 4.42 Å². The molecule has 0 aliphatic heterocycles. The molecule has 0 amide bonds. The van der Waals surface area contributed by atoms with Crippen LogP contribution in [0.2, 0.25) is 5.02 Å². The molecule has 0 aliphatic rings. The lowest BCUT2D eigenvalue weighted by Gasteiger charge is -2.08. The third-order valence-electron chi connectivity index (χ3n) is 6.37. The molecular weight excluding hydrogens is 466 g/mol. The maximum Gasteiger partial charge on any atom is 0.164 e. The van der Waals surface area contributed by atoms with Crippen LogP contribution >= 0.6 is 11.6 Å². The second kappa shape index (κ2) is 8.29. The third kappa shape index (κ3) is 3.60. The minimum absolute atomic E-state index is 0.585. The van der Waals surface area contributed by atoms with Crippen molar-refractivity contribution in [2.24, 2.45) is 0 Å². The van der Waals surface area contributed by atoms with Crippen molar-refractivity contribution in [3.63, 3.8) is 0 Å². The Balaban J connectivity index is 1.42. The lowest BCUT2D eigenvalue weighted by molar-refractivity contribution is 0.669. The Labute approximate surface area is 211 Å². The second-order valence-electron chi connectivity index (χ2n) is 8.69. The van der Waals surface area contributed by atoms with Crippen molar-refractivity contribution in [2.45, 2.75) is 0 Å². The van der Waals surface area contributed by atoms with Crippen LogP contribution in [0.4, 0.5) is 0 Å².